The number of benzene rings is 1. The van der Waals surface area contributed by atoms with Crippen LogP contribution in [0.15, 0.2) is 46.8 Å². The van der Waals surface area contributed by atoms with E-state index in [4.69, 9.17) is 5.21 Å². The zero-order valence-electron chi connectivity index (χ0n) is 10.5. The lowest BCUT2D eigenvalue weighted by Gasteiger charge is -2.04. The minimum Gasteiger partial charge on any atom is -0.508 e. The quantitative estimate of drug-likeness (QED) is 0.223. The molecule has 0 saturated heterocycles. The second-order valence-corrected chi connectivity index (χ2v) is 4.53. The van der Waals surface area contributed by atoms with Crippen LogP contribution in [0.1, 0.15) is 16.1 Å². The Hall–Kier alpha value is -2.41. The van der Waals surface area contributed by atoms with Crippen molar-refractivity contribution in [1.82, 2.24) is 9.97 Å². The Morgan fingerprint density at radius 1 is 1.35 bits per heavy atom. The number of carbonyl (C=O) groups is 1. The van der Waals surface area contributed by atoms with Gasteiger partial charge in [0.1, 0.15) is 11.4 Å². The molecule has 0 aliphatic rings. The average Bonchev–Trinajstić information content (AvgIpc) is 2.48. The van der Waals surface area contributed by atoms with Gasteiger partial charge in [-0.3, -0.25) is 4.79 Å². The summed E-state index contributed by atoms with van der Waals surface area (Å²) in [5.74, 6) is -0.574. The highest BCUT2D eigenvalue weighted by atomic mass is 32.2. The molecule has 0 unspecified atom stereocenters. The van der Waals surface area contributed by atoms with Gasteiger partial charge in [-0.1, -0.05) is 29.1 Å². The number of hydrogen-bond acceptors (Lipinski definition) is 7. The monoisotopic (exact) mass is 289 g/mol. The Morgan fingerprint density at radius 3 is 2.80 bits per heavy atom. The Bertz CT molecular complexity index is 673. The third-order valence-corrected chi connectivity index (χ3v) is 3.04. The molecule has 0 radical (unpaired) electrons. The van der Waals surface area contributed by atoms with Gasteiger partial charge in [-0.25, -0.2) is 9.97 Å². The lowest BCUT2D eigenvalue weighted by molar-refractivity contribution is 0.106. The van der Waals surface area contributed by atoms with Gasteiger partial charge in [0, 0.05) is 11.8 Å². The number of rotatable bonds is 4. The number of phenolic OH excluding ortho intramolecular Hbond substituents is 1. The summed E-state index contributed by atoms with van der Waals surface area (Å²) < 4.78 is 0. The number of oxime groups is 1. The zero-order valence-corrected chi connectivity index (χ0v) is 11.3. The topological polar surface area (TPSA) is 95.7 Å². The van der Waals surface area contributed by atoms with Crippen LogP contribution in [0, 0.1) is 0 Å². The van der Waals surface area contributed by atoms with Gasteiger partial charge in [0.15, 0.2) is 10.9 Å². The number of ketones is 1. The van der Waals surface area contributed by atoms with Crippen molar-refractivity contribution in [3.05, 3.63) is 47.8 Å². The van der Waals surface area contributed by atoms with E-state index in [0.29, 0.717) is 5.16 Å². The average molecular weight is 289 g/mol. The van der Waals surface area contributed by atoms with Crippen molar-refractivity contribution in [2.75, 3.05) is 6.26 Å². The molecular weight excluding hydrogens is 278 g/mol. The van der Waals surface area contributed by atoms with Crippen molar-refractivity contribution in [2.24, 2.45) is 5.16 Å². The van der Waals surface area contributed by atoms with Gasteiger partial charge < -0.3 is 10.3 Å². The number of aromatic hydroxyl groups is 1. The predicted octanol–water partition coefficient (Wildman–Crippen LogP) is 1.97. The van der Waals surface area contributed by atoms with Crippen LogP contribution in [0.4, 0.5) is 0 Å². The number of aromatic nitrogens is 2. The van der Waals surface area contributed by atoms with Crippen molar-refractivity contribution < 1.29 is 15.1 Å². The van der Waals surface area contributed by atoms with Crippen LogP contribution in [0.3, 0.4) is 0 Å². The molecule has 0 spiro atoms. The fraction of sp³-hybridized carbons (Fsp3) is 0.0769. The summed E-state index contributed by atoms with van der Waals surface area (Å²) in [7, 11) is 0. The van der Waals surface area contributed by atoms with Crippen LogP contribution < -0.4 is 0 Å². The molecule has 0 bridgehead atoms. The van der Waals surface area contributed by atoms with E-state index in [1.54, 1.807) is 6.26 Å². The first-order chi connectivity index (χ1) is 9.65. The highest BCUT2D eigenvalue weighted by molar-refractivity contribution is 7.98. The molecular formula is C13H11N3O3S. The van der Waals surface area contributed by atoms with Crippen molar-refractivity contribution >= 4 is 23.3 Å². The van der Waals surface area contributed by atoms with Gasteiger partial charge in [0.05, 0.1) is 0 Å². The second-order valence-electron chi connectivity index (χ2n) is 3.76. The molecule has 20 heavy (non-hydrogen) atoms. The highest BCUT2D eigenvalue weighted by Crippen LogP contribution is 2.15. The summed E-state index contributed by atoms with van der Waals surface area (Å²) in [6.07, 6.45) is 3.28. The fourth-order valence-electron chi connectivity index (χ4n) is 1.57. The van der Waals surface area contributed by atoms with E-state index in [0.717, 1.165) is 0 Å². The van der Waals surface area contributed by atoms with E-state index in [-0.39, 0.29) is 22.7 Å². The summed E-state index contributed by atoms with van der Waals surface area (Å²) in [4.78, 5) is 20.4. The Morgan fingerprint density at radius 2 is 2.15 bits per heavy atom. The molecule has 2 N–H and O–H groups in total. The molecule has 2 rings (SSSR count). The summed E-state index contributed by atoms with van der Waals surface area (Å²) in [6, 6.07) is 7.28. The standard InChI is InChI=1S/C13H11N3O3S/c1-20-13-14-6-5-10(15-13)11(16-19)12(18)8-3-2-4-9(17)7-8/h2-7,17,19H,1H3. The van der Waals surface area contributed by atoms with Crippen molar-refractivity contribution in [1.29, 1.82) is 0 Å². The summed E-state index contributed by atoms with van der Waals surface area (Å²) >= 11 is 1.31. The highest BCUT2D eigenvalue weighted by Gasteiger charge is 2.19. The Labute approximate surface area is 119 Å². The normalized spacial score (nSPS) is 11.3. The van der Waals surface area contributed by atoms with Crippen LogP contribution in [-0.4, -0.2) is 38.0 Å². The molecule has 0 atom stereocenters. The number of nitrogens with zero attached hydrogens (tertiary/aromatic N) is 3. The largest absolute Gasteiger partial charge is 0.508 e. The summed E-state index contributed by atoms with van der Waals surface area (Å²) in [5.41, 5.74) is 0.232. The molecule has 1 heterocycles. The zero-order chi connectivity index (χ0) is 14.5. The Balaban J connectivity index is 2.40. The van der Waals surface area contributed by atoms with Gasteiger partial charge in [-0.05, 0) is 24.5 Å². The minimum atomic E-state index is -0.533. The van der Waals surface area contributed by atoms with E-state index < -0.39 is 5.78 Å². The van der Waals surface area contributed by atoms with Crippen molar-refractivity contribution in [3.8, 4) is 5.75 Å². The maximum atomic E-state index is 12.3. The van der Waals surface area contributed by atoms with Gasteiger partial charge >= 0.3 is 0 Å². The lowest BCUT2D eigenvalue weighted by atomic mass is 10.0. The summed E-state index contributed by atoms with van der Waals surface area (Å²) in [6.45, 7) is 0. The molecule has 0 saturated carbocycles. The molecule has 6 nitrogen and oxygen atoms in total. The van der Waals surface area contributed by atoms with E-state index in [1.807, 2.05) is 0 Å². The molecule has 1 aromatic heterocycles. The van der Waals surface area contributed by atoms with Crippen molar-refractivity contribution in [2.45, 2.75) is 5.16 Å². The molecule has 0 fully saturated rings. The SMILES string of the molecule is CSc1nccc(C(=NO)C(=O)c2cccc(O)c2)n1. The molecule has 2 aromatic rings. The molecule has 0 aliphatic carbocycles. The Kier molecular flexibility index (Phi) is 4.31. The van der Waals surface area contributed by atoms with Crippen LogP contribution in [-0.2, 0) is 0 Å². The maximum absolute atomic E-state index is 12.3. The van der Waals surface area contributed by atoms with E-state index in [9.17, 15) is 9.90 Å². The van der Waals surface area contributed by atoms with E-state index in [2.05, 4.69) is 15.1 Å². The van der Waals surface area contributed by atoms with Gasteiger partial charge in [-0.2, -0.15) is 0 Å². The van der Waals surface area contributed by atoms with E-state index >= 15 is 0 Å². The molecule has 7 heteroatoms. The molecule has 0 amide bonds. The predicted molar refractivity (Wildman–Crippen MR) is 74.6 cm³/mol. The minimum absolute atomic E-state index is 0.0411. The molecule has 102 valence electrons. The number of thioether (sulfide) groups is 1. The lowest BCUT2D eigenvalue weighted by Crippen LogP contribution is -2.17. The smallest absolute Gasteiger partial charge is 0.217 e. The third kappa shape index (κ3) is 2.94. The number of hydrogen-bond donors (Lipinski definition) is 2. The number of Topliss-reactive ketones (excluding diaryl/α,β-unsaturated/α-hetero) is 1. The molecule has 0 aliphatic heterocycles. The van der Waals surface area contributed by atoms with Gasteiger partial charge in [-0.15, -0.1) is 0 Å². The fourth-order valence-corrected chi connectivity index (χ4v) is 1.92. The first kappa shape index (κ1) is 14.0. The van der Waals surface area contributed by atoms with Crippen LogP contribution in [0.2, 0.25) is 0 Å². The van der Waals surface area contributed by atoms with Crippen LogP contribution in [0.5, 0.6) is 5.75 Å². The van der Waals surface area contributed by atoms with Gasteiger partial charge in [0.2, 0.25) is 5.78 Å². The van der Waals surface area contributed by atoms with E-state index in [1.165, 1.54) is 48.3 Å². The van der Waals surface area contributed by atoms with Gasteiger partial charge in [0.25, 0.3) is 0 Å². The second kappa shape index (κ2) is 6.16. The van der Waals surface area contributed by atoms with Crippen LogP contribution >= 0.6 is 11.8 Å². The third-order valence-electron chi connectivity index (χ3n) is 2.48. The molecule has 1 aromatic carbocycles. The maximum Gasteiger partial charge on any atom is 0.217 e. The summed E-state index contributed by atoms with van der Waals surface area (Å²) in [5, 5.41) is 22.0. The number of carbonyl (C=O) groups excluding carboxylic acids is 1. The number of phenols is 1. The van der Waals surface area contributed by atoms with Crippen molar-refractivity contribution in [3.63, 3.8) is 0 Å². The van der Waals surface area contributed by atoms with Crippen LogP contribution in [0.25, 0.3) is 0 Å². The first-order valence-corrected chi connectivity index (χ1v) is 6.81. The first-order valence-electron chi connectivity index (χ1n) is 5.59.